The normalized spacial score (nSPS) is 21.3. The van der Waals surface area contributed by atoms with Gasteiger partial charge < -0.3 is 14.4 Å². The van der Waals surface area contributed by atoms with Crippen molar-refractivity contribution >= 4 is 12.7 Å². The van der Waals surface area contributed by atoms with Crippen molar-refractivity contribution in [3.63, 3.8) is 0 Å². The van der Waals surface area contributed by atoms with E-state index in [0.717, 1.165) is 0 Å². The van der Waals surface area contributed by atoms with Gasteiger partial charge in [0.05, 0.1) is 23.4 Å². The first-order chi connectivity index (χ1) is 8.27. The Morgan fingerprint density at radius 3 is 2.22 bits per heavy atom. The average Bonchev–Trinajstić information content (AvgIpc) is 2.48. The predicted octanol–water partition coefficient (Wildman–Crippen LogP) is 1.01. The highest BCUT2D eigenvalue weighted by Gasteiger charge is 2.52. The second-order valence-corrected chi connectivity index (χ2v) is 5.43. The highest BCUT2D eigenvalue weighted by Crippen LogP contribution is 2.36. The van der Waals surface area contributed by atoms with E-state index < -0.39 is 24.3 Å². The summed E-state index contributed by atoms with van der Waals surface area (Å²) in [6, 6.07) is 3.10. The van der Waals surface area contributed by atoms with Gasteiger partial charge in [-0.1, -0.05) is 6.07 Å². The van der Waals surface area contributed by atoms with Crippen LogP contribution in [0.5, 0.6) is 0 Å². The molecule has 6 heteroatoms. The van der Waals surface area contributed by atoms with E-state index >= 15 is 0 Å². The summed E-state index contributed by atoms with van der Waals surface area (Å²) in [6.45, 7) is 7.32. The van der Waals surface area contributed by atoms with Gasteiger partial charge in [-0.05, 0) is 33.8 Å². The van der Waals surface area contributed by atoms with E-state index in [1.807, 2.05) is 27.7 Å². The second-order valence-electron chi connectivity index (χ2n) is 5.43. The Hall–Kier alpha value is -0.975. The molecule has 1 aromatic heterocycles. The van der Waals surface area contributed by atoms with Crippen LogP contribution in [0.3, 0.4) is 0 Å². The maximum absolute atomic E-state index is 13.5. The summed E-state index contributed by atoms with van der Waals surface area (Å²) in [7, 11) is -0.683. The van der Waals surface area contributed by atoms with E-state index in [2.05, 4.69) is 4.98 Å². The van der Waals surface area contributed by atoms with Crippen LogP contribution >= 0.6 is 0 Å². The molecule has 4 nitrogen and oxygen atoms in total. The molecule has 0 bridgehead atoms. The lowest BCUT2D eigenvalue weighted by Gasteiger charge is -2.32. The highest BCUT2D eigenvalue weighted by atomic mass is 19.1. The maximum atomic E-state index is 13.5. The van der Waals surface area contributed by atoms with Gasteiger partial charge in [-0.3, -0.25) is 0 Å². The van der Waals surface area contributed by atoms with Gasteiger partial charge in [0, 0.05) is 5.56 Å². The van der Waals surface area contributed by atoms with Crippen LogP contribution in [0.4, 0.5) is 4.39 Å². The monoisotopic (exact) mass is 253 g/mol. The van der Waals surface area contributed by atoms with E-state index in [4.69, 9.17) is 14.4 Å². The molecule has 0 saturated carbocycles. The number of aliphatic hydroxyl groups excluding tert-OH is 1. The molecule has 1 fully saturated rings. The van der Waals surface area contributed by atoms with Gasteiger partial charge in [0.1, 0.15) is 0 Å². The van der Waals surface area contributed by atoms with Crippen molar-refractivity contribution in [3.8, 4) is 0 Å². The SMILES string of the molecule is CC1(C)OB(c2ccc(CO)c(F)n2)OC1(C)C. The molecule has 18 heavy (non-hydrogen) atoms. The van der Waals surface area contributed by atoms with Crippen molar-refractivity contribution in [2.75, 3.05) is 0 Å². The van der Waals surface area contributed by atoms with Crippen molar-refractivity contribution in [1.82, 2.24) is 4.98 Å². The largest absolute Gasteiger partial charge is 0.514 e. The van der Waals surface area contributed by atoms with Crippen LogP contribution in [0.1, 0.15) is 33.3 Å². The quantitative estimate of drug-likeness (QED) is 0.631. The molecule has 0 unspecified atom stereocenters. The molecule has 1 aromatic rings. The first kappa shape index (κ1) is 13.5. The number of aliphatic hydroxyl groups is 1. The predicted molar refractivity (Wildman–Crippen MR) is 65.8 cm³/mol. The minimum atomic E-state index is -0.690. The Morgan fingerprint density at radius 2 is 1.78 bits per heavy atom. The number of halogens is 1. The van der Waals surface area contributed by atoms with Crippen LogP contribution in [0, 0.1) is 5.95 Å². The fourth-order valence-electron chi connectivity index (χ4n) is 1.69. The van der Waals surface area contributed by atoms with E-state index in [1.54, 1.807) is 6.07 Å². The molecule has 0 atom stereocenters. The third-order valence-electron chi connectivity index (χ3n) is 3.61. The van der Waals surface area contributed by atoms with Crippen LogP contribution in [0.2, 0.25) is 0 Å². The van der Waals surface area contributed by atoms with Crippen LogP contribution in [-0.2, 0) is 15.9 Å². The Balaban J connectivity index is 2.27. The summed E-state index contributed by atoms with van der Waals surface area (Å²) in [5.41, 5.74) is -0.421. The van der Waals surface area contributed by atoms with Crippen molar-refractivity contribution in [2.45, 2.75) is 45.5 Å². The maximum Gasteiger partial charge on any atom is 0.514 e. The molecule has 1 aliphatic heterocycles. The fraction of sp³-hybridized carbons (Fsp3) is 0.583. The second kappa shape index (κ2) is 4.29. The lowest BCUT2D eigenvalue weighted by atomic mass is 9.84. The zero-order valence-electron chi connectivity index (χ0n) is 11.0. The van der Waals surface area contributed by atoms with Crippen molar-refractivity contribution in [1.29, 1.82) is 0 Å². The smallest absolute Gasteiger partial charge is 0.398 e. The lowest BCUT2D eigenvalue weighted by molar-refractivity contribution is 0.00578. The summed E-state index contributed by atoms with van der Waals surface area (Å²) in [4.78, 5) is 3.78. The van der Waals surface area contributed by atoms with Gasteiger partial charge in [0.25, 0.3) is 0 Å². The summed E-state index contributed by atoms with van der Waals surface area (Å²) >= 11 is 0. The number of nitrogens with zero attached hydrogens (tertiary/aromatic N) is 1. The zero-order chi connectivity index (χ0) is 13.6. The molecular weight excluding hydrogens is 236 g/mol. The van der Waals surface area contributed by atoms with Crippen LogP contribution in [-0.4, -0.2) is 28.4 Å². The summed E-state index contributed by atoms with van der Waals surface area (Å²) < 4.78 is 25.0. The third-order valence-corrected chi connectivity index (χ3v) is 3.61. The minimum Gasteiger partial charge on any atom is -0.398 e. The van der Waals surface area contributed by atoms with Gasteiger partial charge in [0.15, 0.2) is 0 Å². The Kier molecular flexibility index (Phi) is 3.21. The highest BCUT2D eigenvalue weighted by molar-refractivity contribution is 6.61. The molecular formula is C12H17BFNO3. The topological polar surface area (TPSA) is 51.6 Å². The standard InChI is InChI=1S/C12H17BFNO3/c1-11(2)12(3,4)18-13(17-11)9-6-5-8(7-16)10(14)15-9/h5-6,16H,7H2,1-4H3. The van der Waals surface area contributed by atoms with Crippen molar-refractivity contribution < 1.29 is 18.8 Å². The molecule has 2 rings (SSSR count). The number of pyridine rings is 1. The molecule has 0 aromatic carbocycles. The Morgan fingerprint density at radius 1 is 1.22 bits per heavy atom. The Labute approximate surface area is 106 Å². The summed E-state index contributed by atoms with van der Waals surface area (Å²) in [5.74, 6) is -0.690. The van der Waals surface area contributed by atoms with Crippen molar-refractivity contribution in [2.24, 2.45) is 0 Å². The van der Waals surface area contributed by atoms with E-state index in [9.17, 15) is 4.39 Å². The number of hydrogen-bond donors (Lipinski definition) is 1. The van der Waals surface area contributed by atoms with Gasteiger partial charge in [0.2, 0.25) is 5.95 Å². The van der Waals surface area contributed by atoms with Crippen molar-refractivity contribution in [3.05, 3.63) is 23.6 Å². The van der Waals surface area contributed by atoms with E-state index in [-0.39, 0.29) is 12.2 Å². The summed E-state index contributed by atoms with van der Waals surface area (Å²) in [5, 5.41) is 8.90. The molecule has 0 spiro atoms. The Bertz CT molecular complexity index is 449. The molecule has 2 heterocycles. The average molecular weight is 253 g/mol. The third kappa shape index (κ3) is 2.16. The number of rotatable bonds is 2. The van der Waals surface area contributed by atoms with Crippen LogP contribution < -0.4 is 5.59 Å². The molecule has 1 N–H and O–H groups in total. The molecule has 98 valence electrons. The van der Waals surface area contributed by atoms with Gasteiger partial charge in [-0.25, -0.2) is 4.98 Å². The van der Waals surface area contributed by atoms with Crippen LogP contribution in [0.15, 0.2) is 12.1 Å². The number of aromatic nitrogens is 1. The summed E-state index contributed by atoms with van der Waals surface area (Å²) in [6.07, 6.45) is 0. The lowest BCUT2D eigenvalue weighted by Crippen LogP contribution is -2.41. The molecule has 0 aliphatic carbocycles. The fourth-order valence-corrected chi connectivity index (χ4v) is 1.69. The number of hydrogen-bond acceptors (Lipinski definition) is 4. The van der Waals surface area contributed by atoms with Gasteiger partial charge in [-0.2, -0.15) is 4.39 Å². The van der Waals surface area contributed by atoms with Crippen LogP contribution in [0.25, 0.3) is 0 Å². The molecule has 0 amide bonds. The minimum absolute atomic E-state index is 0.162. The molecule has 0 radical (unpaired) electrons. The first-order valence-corrected chi connectivity index (χ1v) is 5.88. The first-order valence-electron chi connectivity index (χ1n) is 5.88. The molecule has 1 aliphatic rings. The van der Waals surface area contributed by atoms with Gasteiger partial charge in [-0.15, -0.1) is 0 Å². The van der Waals surface area contributed by atoms with E-state index in [0.29, 0.717) is 5.59 Å². The molecule has 1 saturated heterocycles. The zero-order valence-corrected chi connectivity index (χ0v) is 11.0. The van der Waals surface area contributed by atoms with E-state index in [1.165, 1.54) is 6.07 Å². The van der Waals surface area contributed by atoms with Gasteiger partial charge >= 0.3 is 7.12 Å².